The van der Waals surface area contributed by atoms with Gasteiger partial charge in [-0.15, -0.1) is 0 Å². The van der Waals surface area contributed by atoms with E-state index in [1.807, 2.05) is 13.8 Å². The molecule has 4 heteroatoms. The minimum atomic E-state index is -0.00836. The second-order valence-corrected chi connectivity index (χ2v) is 4.49. The van der Waals surface area contributed by atoms with Gasteiger partial charge in [0.15, 0.2) is 0 Å². The van der Waals surface area contributed by atoms with E-state index in [1.165, 1.54) is 0 Å². The molecule has 96 valence electrons. The molecule has 0 bridgehead atoms. The van der Waals surface area contributed by atoms with Gasteiger partial charge in [0.2, 0.25) is 5.91 Å². The summed E-state index contributed by atoms with van der Waals surface area (Å²) in [6.07, 6.45) is 2.58. The van der Waals surface area contributed by atoms with Crippen LogP contribution in [-0.4, -0.2) is 43.2 Å². The molecule has 1 unspecified atom stereocenters. The number of hydrogen-bond donors (Lipinski definition) is 1. The van der Waals surface area contributed by atoms with Gasteiger partial charge in [-0.1, -0.05) is 13.3 Å². The highest BCUT2D eigenvalue weighted by Gasteiger charge is 2.12. The molecule has 0 saturated carbocycles. The fraction of sp³-hybridized carbons (Fsp3) is 0.917. The van der Waals surface area contributed by atoms with E-state index >= 15 is 0 Å². The third kappa shape index (κ3) is 7.65. The predicted octanol–water partition coefficient (Wildman–Crippen LogP) is 1.39. The van der Waals surface area contributed by atoms with E-state index in [0.29, 0.717) is 19.6 Å². The highest BCUT2D eigenvalue weighted by Crippen LogP contribution is 2.01. The molecule has 0 saturated heterocycles. The highest BCUT2D eigenvalue weighted by atomic mass is 16.5. The van der Waals surface area contributed by atoms with E-state index in [1.54, 1.807) is 11.9 Å². The van der Waals surface area contributed by atoms with Gasteiger partial charge in [0, 0.05) is 26.1 Å². The van der Waals surface area contributed by atoms with Crippen molar-refractivity contribution in [2.45, 2.75) is 52.2 Å². The van der Waals surface area contributed by atoms with Gasteiger partial charge in [0.25, 0.3) is 0 Å². The maximum absolute atomic E-state index is 11.7. The van der Waals surface area contributed by atoms with Gasteiger partial charge >= 0.3 is 0 Å². The number of carbonyl (C=O) groups excluding carboxylic acids is 1. The lowest BCUT2D eigenvalue weighted by molar-refractivity contribution is -0.131. The summed E-state index contributed by atoms with van der Waals surface area (Å²) in [7, 11) is 1.80. The third-order valence-electron chi connectivity index (χ3n) is 2.40. The van der Waals surface area contributed by atoms with Crippen LogP contribution >= 0.6 is 0 Å². The first-order valence-corrected chi connectivity index (χ1v) is 6.08. The number of rotatable bonds is 8. The summed E-state index contributed by atoms with van der Waals surface area (Å²) >= 11 is 0. The summed E-state index contributed by atoms with van der Waals surface area (Å²) in [5.74, 6) is 0.105. The summed E-state index contributed by atoms with van der Waals surface area (Å²) in [4.78, 5) is 13.4. The molecule has 4 nitrogen and oxygen atoms in total. The van der Waals surface area contributed by atoms with Crippen molar-refractivity contribution in [1.29, 1.82) is 0 Å². The Kier molecular flexibility index (Phi) is 8.21. The van der Waals surface area contributed by atoms with Crippen molar-refractivity contribution < 1.29 is 9.53 Å². The van der Waals surface area contributed by atoms with Crippen LogP contribution in [0.4, 0.5) is 0 Å². The zero-order valence-corrected chi connectivity index (χ0v) is 11.0. The SMILES string of the molecule is CCCC(N)CC(=O)N(C)CCOC(C)C. The highest BCUT2D eigenvalue weighted by molar-refractivity contribution is 5.76. The predicted molar refractivity (Wildman–Crippen MR) is 66.2 cm³/mol. The van der Waals surface area contributed by atoms with E-state index in [0.717, 1.165) is 12.8 Å². The lowest BCUT2D eigenvalue weighted by atomic mass is 10.1. The van der Waals surface area contributed by atoms with Crippen LogP contribution in [0.1, 0.15) is 40.0 Å². The van der Waals surface area contributed by atoms with Crippen molar-refractivity contribution in [1.82, 2.24) is 4.90 Å². The van der Waals surface area contributed by atoms with E-state index < -0.39 is 0 Å². The second-order valence-electron chi connectivity index (χ2n) is 4.49. The first-order chi connectivity index (χ1) is 7.47. The van der Waals surface area contributed by atoms with E-state index in [4.69, 9.17) is 10.5 Å². The van der Waals surface area contributed by atoms with Crippen molar-refractivity contribution in [2.75, 3.05) is 20.2 Å². The number of hydrogen-bond acceptors (Lipinski definition) is 3. The molecular formula is C12H26N2O2. The van der Waals surface area contributed by atoms with E-state index in [2.05, 4.69) is 6.92 Å². The number of nitrogens with zero attached hydrogens (tertiary/aromatic N) is 1. The van der Waals surface area contributed by atoms with Gasteiger partial charge in [-0.2, -0.15) is 0 Å². The van der Waals surface area contributed by atoms with Crippen LogP contribution in [-0.2, 0) is 9.53 Å². The normalized spacial score (nSPS) is 12.9. The van der Waals surface area contributed by atoms with Gasteiger partial charge in [0.05, 0.1) is 12.7 Å². The number of amides is 1. The minimum Gasteiger partial charge on any atom is -0.377 e. The zero-order chi connectivity index (χ0) is 12.6. The third-order valence-corrected chi connectivity index (χ3v) is 2.40. The molecule has 0 fully saturated rings. The summed E-state index contributed by atoms with van der Waals surface area (Å²) in [5, 5.41) is 0. The van der Waals surface area contributed by atoms with E-state index in [-0.39, 0.29) is 18.1 Å². The Morgan fingerprint density at radius 2 is 2.06 bits per heavy atom. The molecule has 1 atom stereocenters. The van der Waals surface area contributed by atoms with Gasteiger partial charge in [0.1, 0.15) is 0 Å². The molecule has 0 aliphatic rings. The smallest absolute Gasteiger partial charge is 0.223 e. The average Bonchev–Trinajstić information content (AvgIpc) is 2.17. The molecule has 16 heavy (non-hydrogen) atoms. The summed E-state index contributed by atoms with van der Waals surface area (Å²) in [5.41, 5.74) is 5.82. The van der Waals surface area contributed by atoms with Gasteiger partial charge in [-0.3, -0.25) is 4.79 Å². The van der Waals surface area contributed by atoms with Crippen LogP contribution in [0, 0.1) is 0 Å². The number of ether oxygens (including phenoxy) is 1. The number of carbonyl (C=O) groups is 1. The van der Waals surface area contributed by atoms with Crippen molar-refractivity contribution in [3.05, 3.63) is 0 Å². The molecule has 0 aromatic carbocycles. The standard InChI is InChI=1S/C12H26N2O2/c1-5-6-11(13)9-12(15)14(4)7-8-16-10(2)3/h10-11H,5-9,13H2,1-4H3. The van der Waals surface area contributed by atoms with Crippen LogP contribution in [0.25, 0.3) is 0 Å². The Balaban J connectivity index is 3.72. The largest absolute Gasteiger partial charge is 0.377 e. The average molecular weight is 230 g/mol. The van der Waals surface area contributed by atoms with Gasteiger partial charge in [-0.05, 0) is 20.3 Å². The van der Waals surface area contributed by atoms with Crippen molar-refractivity contribution in [3.63, 3.8) is 0 Å². The van der Waals surface area contributed by atoms with Crippen LogP contribution in [0.5, 0.6) is 0 Å². The molecule has 0 aliphatic heterocycles. The van der Waals surface area contributed by atoms with Gasteiger partial charge in [-0.25, -0.2) is 0 Å². The second kappa shape index (κ2) is 8.53. The molecule has 0 heterocycles. The number of nitrogens with two attached hydrogens (primary N) is 1. The first kappa shape index (κ1) is 15.4. The lowest BCUT2D eigenvalue weighted by Gasteiger charge is -2.20. The molecule has 1 amide bonds. The molecule has 0 rings (SSSR count). The maximum Gasteiger partial charge on any atom is 0.223 e. The Bertz CT molecular complexity index is 195. The Labute approximate surface area is 99.1 Å². The zero-order valence-electron chi connectivity index (χ0n) is 11.0. The molecule has 2 N–H and O–H groups in total. The molecule has 0 spiro atoms. The Morgan fingerprint density at radius 1 is 1.44 bits per heavy atom. The fourth-order valence-corrected chi connectivity index (χ4v) is 1.40. The summed E-state index contributed by atoms with van der Waals surface area (Å²) in [6, 6.07) is -0.00836. The Hall–Kier alpha value is -0.610. The van der Waals surface area contributed by atoms with Crippen molar-refractivity contribution in [3.8, 4) is 0 Å². The molecule has 0 aliphatic carbocycles. The number of likely N-dealkylation sites (N-methyl/N-ethyl adjacent to an activating group) is 1. The van der Waals surface area contributed by atoms with Crippen LogP contribution in [0.3, 0.4) is 0 Å². The van der Waals surface area contributed by atoms with Crippen molar-refractivity contribution in [2.24, 2.45) is 5.73 Å². The molecule has 0 aromatic heterocycles. The molecule has 0 aromatic rings. The van der Waals surface area contributed by atoms with Crippen LogP contribution in [0.15, 0.2) is 0 Å². The van der Waals surface area contributed by atoms with Gasteiger partial charge < -0.3 is 15.4 Å². The fourth-order valence-electron chi connectivity index (χ4n) is 1.40. The molecule has 0 radical (unpaired) electrons. The topological polar surface area (TPSA) is 55.6 Å². The maximum atomic E-state index is 11.7. The lowest BCUT2D eigenvalue weighted by Crippen LogP contribution is -2.35. The monoisotopic (exact) mass is 230 g/mol. The summed E-state index contributed by atoms with van der Waals surface area (Å²) in [6.45, 7) is 7.27. The van der Waals surface area contributed by atoms with Crippen molar-refractivity contribution >= 4 is 5.91 Å². The molecular weight excluding hydrogens is 204 g/mol. The van der Waals surface area contributed by atoms with E-state index in [9.17, 15) is 4.79 Å². The first-order valence-electron chi connectivity index (χ1n) is 6.08. The Morgan fingerprint density at radius 3 is 2.56 bits per heavy atom. The van der Waals surface area contributed by atoms with Crippen LogP contribution in [0.2, 0.25) is 0 Å². The van der Waals surface area contributed by atoms with Crippen LogP contribution < -0.4 is 5.73 Å². The quantitative estimate of drug-likeness (QED) is 0.685. The summed E-state index contributed by atoms with van der Waals surface area (Å²) < 4.78 is 5.39. The minimum absolute atomic E-state index is 0.00836.